The minimum atomic E-state index is -3.21. The molecule has 0 saturated heterocycles. The van der Waals surface area contributed by atoms with Crippen LogP contribution in [0, 0.1) is 12.7 Å². The number of nitrogens with zero attached hydrogens (tertiary/aromatic N) is 1. The van der Waals surface area contributed by atoms with Gasteiger partial charge in [-0.05, 0) is 49.2 Å². The van der Waals surface area contributed by atoms with Crippen molar-refractivity contribution in [2.45, 2.75) is 26.7 Å². The zero-order valence-corrected chi connectivity index (χ0v) is 12.1. The number of hydrogen-bond donors (Lipinski definition) is 0. The van der Waals surface area contributed by atoms with E-state index in [9.17, 15) is 13.2 Å². The number of alkyl halides is 2. The summed E-state index contributed by atoms with van der Waals surface area (Å²) in [6.07, 6.45) is 5.35. The number of hydrogen-bond acceptors (Lipinski definition) is 1. The lowest BCUT2D eigenvalue weighted by Gasteiger charge is -2.13. The maximum atomic E-state index is 13.5. The molecule has 2 aromatic rings. The lowest BCUT2D eigenvalue weighted by atomic mass is 10.00. The molecule has 0 aliphatic heterocycles. The van der Waals surface area contributed by atoms with Crippen molar-refractivity contribution in [3.63, 3.8) is 0 Å². The Balaban J connectivity index is 2.50. The quantitative estimate of drug-likeness (QED) is 0.743. The van der Waals surface area contributed by atoms with Gasteiger partial charge in [0.15, 0.2) is 0 Å². The van der Waals surface area contributed by atoms with E-state index in [0.29, 0.717) is 18.1 Å². The summed E-state index contributed by atoms with van der Waals surface area (Å²) < 4.78 is 40.3. The number of aryl methyl sites for hydroxylation is 1. The molecule has 0 amide bonds. The topological polar surface area (TPSA) is 12.9 Å². The number of allylic oxidation sites excluding steroid dienone is 1. The third-order valence-corrected chi connectivity index (χ3v) is 3.22. The molecule has 4 heteroatoms. The molecule has 0 aliphatic carbocycles. The summed E-state index contributed by atoms with van der Waals surface area (Å²) in [5.41, 5.74) is 2.36. The highest BCUT2D eigenvalue weighted by Gasteiger charge is 2.28. The minimum Gasteiger partial charge on any atom is -0.256 e. The minimum absolute atomic E-state index is 0.524. The summed E-state index contributed by atoms with van der Waals surface area (Å²) in [5, 5.41) is 0. The van der Waals surface area contributed by atoms with E-state index in [-0.39, 0.29) is 0 Å². The summed E-state index contributed by atoms with van der Waals surface area (Å²) in [6, 6.07) is 5.59. The van der Waals surface area contributed by atoms with Crippen LogP contribution in [0.4, 0.5) is 13.2 Å². The second-order valence-electron chi connectivity index (χ2n) is 5.01. The summed E-state index contributed by atoms with van der Waals surface area (Å²) >= 11 is 0. The predicted octanol–water partition coefficient (Wildman–Crippen LogP) is 5.34. The Kier molecular flexibility index (Phi) is 4.16. The molecule has 0 unspecified atom stereocenters. The van der Waals surface area contributed by atoms with Crippen molar-refractivity contribution in [2.75, 3.05) is 0 Å². The fraction of sp³-hybridized carbons (Fsp3) is 0.235. The van der Waals surface area contributed by atoms with Gasteiger partial charge in [-0.3, -0.25) is 4.98 Å². The second-order valence-corrected chi connectivity index (χ2v) is 5.01. The van der Waals surface area contributed by atoms with Crippen LogP contribution in [0.15, 0.2) is 36.5 Å². The Hall–Kier alpha value is -2.10. The van der Waals surface area contributed by atoms with Crippen LogP contribution in [0.1, 0.15) is 30.7 Å². The number of aromatic nitrogens is 1. The molecule has 0 saturated carbocycles. The Morgan fingerprint density at radius 2 is 1.86 bits per heavy atom. The second kappa shape index (κ2) is 5.72. The van der Waals surface area contributed by atoms with E-state index in [1.165, 1.54) is 12.1 Å². The molecule has 2 rings (SSSR count). The number of pyridine rings is 1. The number of rotatable bonds is 3. The van der Waals surface area contributed by atoms with Gasteiger partial charge in [0.2, 0.25) is 0 Å². The van der Waals surface area contributed by atoms with E-state index in [1.54, 1.807) is 6.20 Å². The van der Waals surface area contributed by atoms with Gasteiger partial charge in [-0.25, -0.2) is 13.2 Å². The summed E-state index contributed by atoms with van der Waals surface area (Å²) in [4.78, 5) is 4.29. The van der Waals surface area contributed by atoms with Crippen molar-refractivity contribution < 1.29 is 13.2 Å². The average molecular weight is 291 g/mol. The molecule has 1 heterocycles. The van der Waals surface area contributed by atoms with Crippen molar-refractivity contribution in [2.24, 2.45) is 0 Å². The maximum absolute atomic E-state index is 13.5. The van der Waals surface area contributed by atoms with E-state index in [2.05, 4.69) is 4.98 Å². The van der Waals surface area contributed by atoms with Gasteiger partial charge in [0.05, 0.1) is 11.3 Å². The lowest BCUT2D eigenvalue weighted by Crippen LogP contribution is -2.09. The zero-order valence-electron chi connectivity index (χ0n) is 12.1. The lowest BCUT2D eigenvalue weighted by molar-refractivity contribution is 0.0138. The van der Waals surface area contributed by atoms with Gasteiger partial charge >= 0.3 is 0 Å². The fourth-order valence-electron chi connectivity index (χ4n) is 2.12. The molecule has 1 nitrogen and oxygen atoms in total. The largest absolute Gasteiger partial charge is 0.273 e. The van der Waals surface area contributed by atoms with Gasteiger partial charge in [-0.15, -0.1) is 0 Å². The van der Waals surface area contributed by atoms with Crippen molar-refractivity contribution in [3.8, 4) is 11.1 Å². The van der Waals surface area contributed by atoms with Crippen LogP contribution >= 0.6 is 0 Å². The standard InChI is InChI=1S/C17H16F3N/c1-4-5-16-11(2)8-13(10-21-16)12-6-7-15(18)14(9-12)17(3,19)20/h4-10H,1-3H3/b5-4-. The normalized spacial score (nSPS) is 12.1. The molecule has 1 aromatic heterocycles. The summed E-state index contributed by atoms with van der Waals surface area (Å²) in [5.74, 6) is -4.12. The van der Waals surface area contributed by atoms with Crippen LogP contribution in [-0.2, 0) is 5.92 Å². The first-order valence-corrected chi connectivity index (χ1v) is 6.60. The number of halogens is 3. The maximum Gasteiger partial charge on any atom is 0.273 e. The van der Waals surface area contributed by atoms with Gasteiger partial charge in [-0.1, -0.05) is 12.1 Å². The molecule has 0 radical (unpaired) electrons. The van der Waals surface area contributed by atoms with Crippen molar-refractivity contribution in [1.29, 1.82) is 0 Å². The van der Waals surface area contributed by atoms with Crippen LogP contribution in [0.5, 0.6) is 0 Å². The predicted molar refractivity (Wildman–Crippen MR) is 78.6 cm³/mol. The van der Waals surface area contributed by atoms with Crippen molar-refractivity contribution in [3.05, 3.63) is 59.2 Å². The molecule has 0 atom stereocenters. The Bertz CT molecular complexity index is 685. The van der Waals surface area contributed by atoms with Gasteiger partial charge < -0.3 is 0 Å². The molecule has 0 spiro atoms. The van der Waals surface area contributed by atoms with E-state index < -0.39 is 17.3 Å². The van der Waals surface area contributed by atoms with Crippen LogP contribution < -0.4 is 0 Å². The smallest absolute Gasteiger partial charge is 0.256 e. The molecule has 1 aromatic carbocycles. The molecular weight excluding hydrogens is 275 g/mol. The third-order valence-electron chi connectivity index (χ3n) is 3.22. The van der Waals surface area contributed by atoms with E-state index >= 15 is 0 Å². The third kappa shape index (κ3) is 3.32. The fourth-order valence-corrected chi connectivity index (χ4v) is 2.12. The zero-order chi connectivity index (χ0) is 15.6. The van der Waals surface area contributed by atoms with E-state index in [1.807, 2.05) is 32.1 Å². The van der Waals surface area contributed by atoms with Crippen LogP contribution in [-0.4, -0.2) is 4.98 Å². The summed E-state index contributed by atoms with van der Waals surface area (Å²) in [7, 11) is 0. The van der Waals surface area contributed by atoms with Crippen molar-refractivity contribution >= 4 is 6.08 Å². The van der Waals surface area contributed by atoms with Crippen molar-refractivity contribution in [1.82, 2.24) is 4.98 Å². The summed E-state index contributed by atoms with van der Waals surface area (Å²) in [6.45, 7) is 4.48. The molecule has 110 valence electrons. The van der Waals surface area contributed by atoms with Crippen LogP contribution in [0.3, 0.4) is 0 Å². The van der Waals surface area contributed by atoms with Gasteiger partial charge in [0.25, 0.3) is 5.92 Å². The first-order valence-electron chi connectivity index (χ1n) is 6.60. The Labute approximate surface area is 122 Å². The van der Waals surface area contributed by atoms with Gasteiger partial charge in [0.1, 0.15) is 5.82 Å². The van der Waals surface area contributed by atoms with E-state index in [4.69, 9.17) is 0 Å². The Morgan fingerprint density at radius 3 is 2.43 bits per heavy atom. The monoisotopic (exact) mass is 291 g/mol. The SMILES string of the molecule is C/C=C\c1ncc(-c2ccc(F)c(C(C)(F)F)c2)cc1C. The molecule has 0 bridgehead atoms. The van der Waals surface area contributed by atoms with E-state index in [0.717, 1.165) is 17.3 Å². The highest BCUT2D eigenvalue weighted by atomic mass is 19.3. The highest BCUT2D eigenvalue weighted by molar-refractivity contribution is 5.66. The van der Waals surface area contributed by atoms with Gasteiger partial charge in [0, 0.05) is 18.7 Å². The average Bonchev–Trinajstić information content (AvgIpc) is 2.40. The van der Waals surface area contributed by atoms with Gasteiger partial charge in [-0.2, -0.15) is 0 Å². The molecule has 0 aliphatic rings. The number of benzene rings is 1. The first-order chi connectivity index (χ1) is 9.82. The van der Waals surface area contributed by atoms with Crippen LogP contribution in [0.2, 0.25) is 0 Å². The highest BCUT2D eigenvalue weighted by Crippen LogP contribution is 2.32. The molecule has 21 heavy (non-hydrogen) atoms. The molecule has 0 N–H and O–H groups in total. The molecular formula is C17H16F3N. The Morgan fingerprint density at radius 1 is 1.14 bits per heavy atom. The van der Waals surface area contributed by atoms with Crippen LogP contribution in [0.25, 0.3) is 17.2 Å². The first kappa shape index (κ1) is 15.3. The molecule has 0 fully saturated rings.